The van der Waals surface area contributed by atoms with Gasteiger partial charge in [-0.25, -0.2) is 9.37 Å². The highest BCUT2D eigenvalue weighted by Crippen LogP contribution is 2.13. The summed E-state index contributed by atoms with van der Waals surface area (Å²) in [5.41, 5.74) is 0. The van der Waals surface area contributed by atoms with E-state index in [0.29, 0.717) is 5.95 Å². The fourth-order valence-electron chi connectivity index (χ4n) is 1.24. The number of amides is 1. The van der Waals surface area contributed by atoms with E-state index >= 15 is 0 Å². The van der Waals surface area contributed by atoms with Crippen molar-refractivity contribution in [1.29, 1.82) is 0 Å². The number of hydrogen-bond acceptors (Lipinski definition) is 5. The first-order chi connectivity index (χ1) is 7.95. The van der Waals surface area contributed by atoms with Crippen LogP contribution in [0.2, 0.25) is 0 Å². The number of nitrogens with zero attached hydrogens (tertiary/aromatic N) is 3. The lowest BCUT2D eigenvalue weighted by molar-refractivity contribution is -0.129. The van der Waals surface area contributed by atoms with Gasteiger partial charge >= 0.3 is 0 Å². The fourth-order valence-corrected chi connectivity index (χ4v) is 1.24. The van der Waals surface area contributed by atoms with Gasteiger partial charge in [0.1, 0.15) is 6.04 Å². The Hall–Kier alpha value is -1.92. The third kappa shape index (κ3) is 3.27. The molecule has 0 spiro atoms. The number of likely N-dealkylation sites (N-methyl/N-ethyl adjacent to an activating group) is 1. The lowest BCUT2D eigenvalue weighted by atomic mass is 10.3. The molecule has 94 valence electrons. The molecule has 0 aliphatic heterocycles. The predicted molar refractivity (Wildman–Crippen MR) is 63.3 cm³/mol. The standard InChI is InChI=1S/C10H16FN5O/c1-6(9(17)16(3)4)14-8-7(11)5-13-10(12-2)15-8/h5-6H,1-4H3,(H2,12,13,14,15). The molecule has 7 heteroatoms. The van der Waals surface area contributed by atoms with Crippen LogP contribution in [0.1, 0.15) is 6.92 Å². The van der Waals surface area contributed by atoms with Gasteiger partial charge in [0.05, 0.1) is 6.20 Å². The van der Waals surface area contributed by atoms with E-state index in [0.717, 1.165) is 6.20 Å². The Balaban J connectivity index is 2.83. The van der Waals surface area contributed by atoms with Crippen molar-refractivity contribution in [3.05, 3.63) is 12.0 Å². The maximum absolute atomic E-state index is 13.4. The molecular weight excluding hydrogens is 225 g/mol. The Bertz CT molecular complexity index is 410. The van der Waals surface area contributed by atoms with E-state index in [-0.39, 0.29) is 11.7 Å². The zero-order valence-corrected chi connectivity index (χ0v) is 10.3. The molecule has 0 aliphatic rings. The van der Waals surface area contributed by atoms with Crippen LogP contribution < -0.4 is 10.6 Å². The largest absolute Gasteiger partial charge is 0.357 e. The minimum Gasteiger partial charge on any atom is -0.357 e. The Kier molecular flexibility index (Phi) is 4.19. The van der Waals surface area contributed by atoms with Gasteiger partial charge < -0.3 is 15.5 Å². The molecule has 1 aromatic rings. The minimum absolute atomic E-state index is 0.00653. The lowest BCUT2D eigenvalue weighted by Crippen LogP contribution is -2.37. The highest BCUT2D eigenvalue weighted by molar-refractivity contribution is 5.83. The van der Waals surface area contributed by atoms with Crippen molar-refractivity contribution in [2.45, 2.75) is 13.0 Å². The van der Waals surface area contributed by atoms with Gasteiger partial charge in [0.2, 0.25) is 11.9 Å². The second kappa shape index (κ2) is 5.42. The molecule has 6 nitrogen and oxygen atoms in total. The molecule has 1 amide bonds. The van der Waals surface area contributed by atoms with E-state index in [4.69, 9.17) is 0 Å². The number of aromatic nitrogens is 2. The summed E-state index contributed by atoms with van der Waals surface area (Å²) in [5, 5.41) is 5.40. The highest BCUT2D eigenvalue weighted by atomic mass is 19.1. The van der Waals surface area contributed by atoms with Crippen molar-refractivity contribution in [2.24, 2.45) is 0 Å². The number of nitrogens with one attached hydrogen (secondary N) is 2. The summed E-state index contributed by atoms with van der Waals surface area (Å²) in [5.74, 6) is -0.457. The van der Waals surface area contributed by atoms with Crippen molar-refractivity contribution in [3.63, 3.8) is 0 Å². The molecule has 0 saturated heterocycles. The van der Waals surface area contributed by atoms with E-state index in [9.17, 15) is 9.18 Å². The number of carbonyl (C=O) groups excluding carboxylic acids is 1. The summed E-state index contributed by atoms with van der Waals surface area (Å²) in [6.07, 6.45) is 1.05. The van der Waals surface area contributed by atoms with E-state index in [1.54, 1.807) is 28.1 Å². The first-order valence-electron chi connectivity index (χ1n) is 5.13. The Morgan fingerprint density at radius 2 is 2.18 bits per heavy atom. The lowest BCUT2D eigenvalue weighted by Gasteiger charge is -2.18. The monoisotopic (exact) mass is 241 g/mol. The van der Waals surface area contributed by atoms with Gasteiger partial charge in [-0.2, -0.15) is 4.98 Å². The molecule has 2 N–H and O–H groups in total. The van der Waals surface area contributed by atoms with Crippen molar-refractivity contribution in [3.8, 4) is 0 Å². The number of halogens is 1. The zero-order chi connectivity index (χ0) is 13.0. The molecule has 1 aromatic heterocycles. The SMILES string of the molecule is CNc1ncc(F)c(NC(C)C(=O)N(C)C)n1. The van der Waals surface area contributed by atoms with Gasteiger partial charge in [0.15, 0.2) is 11.6 Å². The number of carbonyl (C=O) groups is 1. The van der Waals surface area contributed by atoms with Crippen molar-refractivity contribution in [2.75, 3.05) is 31.8 Å². The molecule has 0 fully saturated rings. The molecule has 1 heterocycles. The van der Waals surface area contributed by atoms with Crippen LogP contribution in [0, 0.1) is 5.82 Å². The van der Waals surface area contributed by atoms with Crippen LogP contribution in [-0.4, -0.2) is 48.0 Å². The van der Waals surface area contributed by atoms with E-state index < -0.39 is 11.9 Å². The minimum atomic E-state index is -0.595. The molecule has 0 aliphatic carbocycles. The van der Waals surface area contributed by atoms with Gasteiger partial charge in [-0.05, 0) is 6.92 Å². The van der Waals surface area contributed by atoms with E-state index in [1.807, 2.05) is 0 Å². The molecule has 0 aromatic carbocycles. The third-order valence-electron chi connectivity index (χ3n) is 2.13. The number of hydrogen-bond donors (Lipinski definition) is 2. The van der Waals surface area contributed by atoms with Crippen molar-refractivity contribution >= 4 is 17.7 Å². The molecule has 1 rings (SSSR count). The Morgan fingerprint density at radius 3 is 2.71 bits per heavy atom. The Labute approximate surface area is 99.2 Å². The van der Waals surface area contributed by atoms with Crippen molar-refractivity contribution in [1.82, 2.24) is 14.9 Å². The van der Waals surface area contributed by atoms with Gasteiger partial charge in [-0.15, -0.1) is 0 Å². The maximum Gasteiger partial charge on any atom is 0.244 e. The van der Waals surface area contributed by atoms with Gasteiger partial charge in [0, 0.05) is 21.1 Å². The second-order valence-electron chi connectivity index (χ2n) is 3.74. The summed E-state index contributed by atoms with van der Waals surface area (Å²) in [7, 11) is 4.90. The topological polar surface area (TPSA) is 70.2 Å². The number of anilines is 2. The fraction of sp³-hybridized carbons (Fsp3) is 0.500. The summed E-state index contributed by atoms with van der Waals surface area (Å²) in [6.45, 7) is 1.64. The zero-order valence-electron chi connectivity index (χ0n) is 10.3. The molecule has 1 atom stereocenters. The molecular formula is C10H16FN5O. The molecule has 0 bridgehead atoms. The van der Waals surface area contributed by atoms with Crippen LogP contribution >= 0.6 is 0 Å². The van der Waals surface area contributed by atoms with Crippen LogP contribution in [0.15, 0.2) is 6.20 Å². The Morgan fingerprint density at radius 1 is 1.53 bits per heavy atom. The van der Waals surface area contributed by atoms with Gasteiger partial charge in [-0.3, -0.25) is 4.79 Å². The van der Waals surface area contributed by atoms with Crippen LogP contribution in [-0.2, 0) is 4.79 Å². The summed E-state index contributed by atoms with van der Waals surface area (Å²) in [6, 6.07) is -0.556. The van der Waals surface area contributed by atoms with Gasteiger partial charge in [0.25, 0.3) is 0 Å². The first-order valence-corrected chi connectivity index (χ1v) is 5.13. The highest BCUT2D eigenvalue weighted by Gasteiger charge is 2.17. The quantitative estimate of drug-likeness (QED) is 0.805. The predicted octanol–water partition coefficient (Wildman–Crippen LogP) is 0.546. The average molecular weight is 241 g/mol. The second-order valence-corrected chi connectivity index (χ2v) is 3.74. The molecule has 17 heavy (non-hydrogen) atoms. The van der Waals surface area contributed by atoms with Crippen LogP contribution in [0.3, 0.4) is 0 Å². The molecule has 1 unspecified atom stereocenters. The summed E-state index contributed by atoms with van der Waals surface area (Å²) in [4.78, 5) is 20.6. The first kappa shape index (κ1) is 13.1. The van der Waals surface area contributed by atoms with E-state index in [2.05, 4.69) is 20.6 Å². The van der Waals surface area contributed by atoms with Crippen molar-refractivity contribution < 1.29 is 9.18 Å². The molecule has 0 radical (unpaired) electrons. The maximum atomic E-state index is 13.4. The average Bonchev–Trinajstić information content (AvgIpc) is 2.30. The summed E-state index contributed by atoms with van der Waals surface area (Å²) >= 11 is 0. The van der Waals surface area contributed by atoms with Crippen LogP contribution in [0.4, 0.5) is 16.2 Å². The molecule has 0 saturated carbocycles. The van der Waals surface area contributed by atoms with Crippen LogP contribution in [0.25, 0.3) is 0 Å². The van der Waals surface area contributed by atoms with Crippen LogP contribution in [0.5, 0.6) is 0 Å². The van der Waals surface area contributed by atoms with E-state index in [1.165, 1.54) is 4.90 Å². The number of rotatable bonds is 4. The third-order valence-corrected chi connectivity index (χ3v) is 2.13. The smallest absolute Gasteiger partial charge is 0.244 e. The van der Waals surface area contributed by atoms with Gasteiger partial charge in [-0.1, -0.05) is 0 Å². The normalized spacial score (nSPS) is 11.8. The summed E-state index contributed by atoms with van der Waals surface area (Å²) < 4.78 is 13.4.